The molecule has 0 aliphatic carbocycles. The second-order valence-electron chi connectivity index (χ2n) is 4.10. The first kappa shape index (κ1) is 11.1. The molecule has 3 heteroatoms. The standard InChI is InChI=1S/C15H14O3/c1-3-7-12(8-4-1)17-15(14-11-16-14)18-13-9-5-2-6-10-13/h1-10,14-15H,11H2. The summed E-state index contributed by atoms with van der Waals surface area (Å²) >= 11 is 0. The Bertz CT molecular complexity index is 438. The Labute approximate surface area is 106 Å². The van der Waals surface area contributed by atoms with E-state index in [1.165, 1.54) is 0 Å². The van der Waals surface area contributed by atoms with Gasteiger partial charge in [-0.05, 0) is 24.3 Å². The van der Waals surface area contributed by atoms with Gasteiger partial charge in [-0.1, -0.05) is 36.4 Å². The molecule has 0 aromatic heterocycles. The Morgan fingerprint density at radius 2 is 1.28 bits per heavy atom. The van der Waals surface area contributed by atoms with Crippen molar-refractivity contribution in [2.45, 2.75) is 12.4 Å². The molecule has 3 nitrogen and oxygen atoms in total. The molecule has 1 heterocycles. The normalized spacial score (nSPS) is 17.5. The first-order valence-corrected chi connectivity index (χ1v) is 5.97. The van der Waals surface area contributed by atoms with Crippen molar-refractivity contribution in [3.8, 4) is 11.5 Å². The average molecular weight is 242 g/mol. The van der Waals surface area contributed by atoms with Crippen LogP contribution in [0.15, 0.2) is 60.7 Å². The van der Waals surface area contributed by atoms with Gasteiger partial charge in [-0.15, -0.1) is 0 Å². The first-order valence-electron chi connectivity index (χ1n) is 5.97. The smallest absolute Gasteiger partial charge is 0.269 e. The van der Waals surface area contributed by atoms with E-state index in [1.54, 1.807) is 0 Å². The molecular weight excluding hydrogens is 228 g/mol. The highest BCUT2D eigenvalue weighted by Gasteiger charge is 2.36. The quantitative estimate of drug-likeness (QED) is 0.596. The molecule has 1 fully saturated rings. The summed E-state index contributed by atoms with van der Waals surface area (Å²) in [6, 6.07) is 19.3. The zero-order valence-corrected chi connectivity index (χ0v) is 9.86. The third-order valence-electron chi connectivity index (χ3n) is 2.65. The van der Waals surface area contributed by atoms with Crippen molar-refractivity contribution >= 4 is 0 Å². The highest BCUT2D eigenvalue weighted by molar-refractivity contribution is 5.23. The van der Waals surface area contributed by atoms with E-state index in [4.69, 9.17) is 14.2 Å². The number of hydrogen-bond acceptors (Lipinski definition) is 3. The summed E-state index contributed by atoms with van der Waals surface area (Å²) in [4.78, 5) is 0. The number of para-hydroxylation sites is 2. The SMILES string of the molecule is c1ccc(OC(Oc2ccccc2)C2CO2)cc1. The minimum absolute atomic E-state index is 0.0189. The van der Waals surface area contributed by atoms with E-state index in [2.05, 4.69) is 0 Å². The Hall–Kier alpha value is -2.00. The minimum atomic E-state index is -0.394. The lowest BCUT2D eigenvalue weighted by Crippen LogP contribution is -2.30. The van der Waals surface area contributed by atoms with Crippen LogP contribution >= 0.6 is 0 Å². The van der Waals surface area contributed by atoms with Crippen LogP contribution in [0.5, 0.6) is 11.5 Å². The zero-order valence-electron chi connectivity index (χ0n) is 9.86. The summed E-state index contributed by atoms with van der Waals surface area (Å²) < 4.78 is 16.9. The van der Waals surface area contributed by atoms with Crippen molar-refractivity contribution in [3.63, 3.8) is 0 Å². The second-order valence-corrected chi connectivity index (χ2v) is 4.10. The molecule has 0 bridgehead atoms. The molecular formula is C15H14O3. The van der Waals surface area contributed by atoms with Gasteiger partial charge in [-0.2, -0.15) is 0 Å². The lowest BCUT2D eigenvalue weighted by atomic mass is 10.3. The van der Waals surface area contributed by atoms with Gasteiger partial charge in [-0.3, -0.25) is 0 Å². The first-order chi connectivity index (χ1) is 8.92. The van der Waals surface area contributed by atoms with Crippen LogP contribution in [0.25, 0.3) is 0 Å². The molecule has 92 valence electrons. The summed E-state index contributed by atoms with van der Waals surface area (Å²) in [7, 11) is 0. The van der Waals surface area contributed by atoms with Crippen molar-refractivity contribution in [1.29, 1.82) is 0 Å². The summed E-state index contributed by atoms with van der Waals surface area (Å²) in [5.74, 6) is 1.57. The number of hydrogen-bond donors (Lipinski definition) is 0. The van der Waals surface area contributed by atoms with E-state index in [-0.39, 0.29) is 6.10 Å². The van der Waals surface area contributed by atoms with Crippen LogP contribution in [0.4, 0.5) is 0 Å². The van der Waals surface area contributed by atoms with Crippen molar-refractivity contribution < 1.29 is 14.2 Å². The topological polar surface area (TPSA) is 31.0 Å². The monoisotopic (exact) mass is 242 g/mol. The largest absolute Gasteiger partial charge is 0.452 e. The minimum Gasteiger partial charge on any atom is -0.452 e. The number of ether oxygens (including phenoxy) is 3. The van der Waals surface area contributed by atoms with Gasteiger partial charge in [-0.25, -0.2) is 0 Å². The maximum absolute atomic E-state index is 5.80. The van der Waals surface area contributed by atoms with E-state index in [0.717, 1.165) is 11.5 Å². The van der Waals surface area contributed by atoms with Gasteiger partial charge < -0.3 is 14.2 Å². The molecule has 1 atom stereocenters. The summed E-state index contributed by atoms with van der Waals surface area (Å²) in [5.41, 5.74) is 0. The number of benzene rings is 2. The van der Waals surface area contributed by atoms with Crippen LogP contribution in [-0.4, -0.2) is 19.0 Å². The van der Waals surface area contributed by atoms with Gasteiger partial charge in [0.2, 0.25) is 0 Å². The maximum atomic E-state index is 5.80. The maximum Gasteiger partial charge on any atom is 0.269 e. The lowest BCUT2D eigenvalue weighted by Gasteiger charge is -2.18. The van der Waals surface area contributed by atoms with Crippen LogP contribution in [0.3, 0.4) is 0 Å². The Morgan fingerprint density at radius 3 is 1.67 bits per heavy atom. The molecule has 1 aliphatic rings. The fourth-order valence-electron chi connectivity index (χ4n) is 1.65. The van der Waals surface area contributed by atoms with Crippen LogP contribution in [-0.2, 0) is 4.74 Å². The predicted octanol–water partition coefficient (Wildman–Crippen LogP) is 2.87. The molecule has 1 unspecified atom stereocenters. The van der Waals surface area contributed by atoms with E-state index < -0.39 is 6.29 Å². The molecule has 1 aliphatic heterocycles. The number of rotatable bonds is 5. The average Bonchev–Trinajstić information content (AvgIpc) is 3.25. The molecule has 0 radical (unpaired) electrons. The van der Waals surface area contributed by atoms with Crippen LogP contribution < -0.4 is 9.47 Å². The second kappa shape index (κ2) is 5.10. The van der Waals surface area contributed by atoms with Gasteiger partial charge in [0, 0.05) is 0 Å². The Morgan fingerprint density at radius 1 is 0.833 bits per heavy atom. The fraction of sp³-hybridized carbons (Fsp3) is 0.200. The molecule has 0 saturated carbocycles. The molecule has 1 saturated heterocycles. The van der Waals surface area contributed by atoms with E-state index in [1.807, 2.05) is 60.7 Å². The molecule has 0 amide bonds. The highest BCUT2D eigenvalue weighted by Crippen LogP contribution is 2.23. The molecule has 3 rings (SSSR count). The number of epoxide rings is 1. The third-order valence-corrected chi connectivity index (χ3v) is 2.65. The van der Waals surface area contributed by atoms with Gasteiger partial charge in [0.25, 0.3) is 6.29 Å². The van der Waals surface area contributed by atoms with Crippen molar-refractivity contribution in [1.82, 2.24) is 0 Å². The van der Waals surface area contributed by atoms with Crippen molar-refractivity contribution in [3.05, 3.63) is 60.7 Å². The van der Waals surface area contributed by atoms with Crippen molar-refractivity contribution in [2.75, 3.05) is 6.61 Å². The highest BCUT2D eigenvalue weighted by atomic mass is 16.7. The van der Waals surface area contributed by atoms with Gasteiger partial charge in [0.05, 0.1) is 6.61 Å². The molecule has 0 spiro atoms. The van der Waals surface area contributed by atoms with E-state index >= 15 is 0 Å². The van der Waals surface area contributed by atoms with E-state index in [9.17, 15) is 0 Å². The molecule has 0 N–H and O–H groups in total. The summed E-state index contributed by atoms with van der Waals surface area (Å²) in [5, 5.41) is 0. The van der Waals surface area contributed by atoms with Crippen molar-refractivity contribution in [2.24, 2.45) is 0 Å². The fourth-order valence-corrected chi connectivity index (χ4v) is 1.65. The predicted molar refractivity (Wildman–Crippen MR) is 67.7 cm³/mol. The summed E-state index contributed by atoms with van der Waals surface area (Å²) in [6.45, 7) is 0.685. The zero-order chi connectivity index (χ0) is 12.2. The van der Waals surface area contributed by atoms with Gasteiger partial charge in [0.1, 0.15) is 11.5 Å². The Kier molecular flexibility index (Phi) is 3.15. The van der Waals surface area contributed by atoms with Gasteiger partial charge >= 0.3 is 0 Å². The lowest BCUT2D eigenvalue weighted by molar-refractivity contribution is -0.0154. The molecule has 18 heavy (non-hydrogen) atoms. The van der Waals surface area contributed by atoms with E-state index in [0.29, 0.717) is 6.61 Å². The summed E-state index contributed by atoms with van der Waals surface area (Å²) in [6.07, 6.45) is -0.375. The third kappa shape index (κ3) is 2.81. The Balaban J connectivity index is 1.69. The van der Waals surface area contributed by atoms with Crippen LogP contribution in [0, 0.1) is 0 Å². The molecule has 2 aromatic carbocycles. The van der Waals surface area contributed by atoms with Crippen LogP contribution in [0.1, 0.15) is 0 Å². The van der Waals surface area contributed by atoms with Gasteiger partial charge in [0.15, 0.2) is 6.10 Å². The molecule has 2 aromatic rings. The van der Waals surface area contributed by atoms with Crippen LogP contribution in [0.2, 0.25) is 0 Å².